The van der Waals surface area contributed by atoms with Gasteiger partial charge in [-0.15, -0.1) is 0 Å². The number of hydrogen-bond acceptors (Lipinski definition) is 1. The highest BCUT2D eigenvalue weighted by atomic mass is 14.9. The van der Waals surface area contributed by atoms with Crippen LogP contribution in [0.25, 0.3) is 10.8 Å². The van der Waals surface area contributed by atoms with Crippen LogP contribution in [0, 0.1) is 23.7 Å². The van der Waals surface area contributed by atoms with Crippen molar-refractivity contribution in [3.63, 3.8) is 0 Å². The van der Waals surface area contributed by atoms with Gasteiger partial charge in [0.1, 0.15) is 0 Å². The van der Waals surface area contributed by atoms with Crippen LogP contribution in [-0.2, 0) is 0 Å². The van der Waals surface area contributed by atoms with Gasteiger partial charge in [0.15, 0.2) is 0 Å². The Hall–Kier alpha value is -1.34. The van der Waals surface area contributed by atoms with Crippen molar-refractivity contribution in [1.82, 2.24) is 5.32 Å². The lowest BCUT2D eigenvalue weighted by atomic mass is 9.90. The summed E-state index contributed by atoms with van der Waals surface area (Å²) in [5, 5.41) is 6.38. The van der Waals surface area contributed by atoms with E-state index in [1.807, 2.05) is 0 Å². The number of nitrogens with one attached hydrogen (secondary N) is 1. The van der Waals surface area contributed by atoms with Gasteiger partial charge in [0.05, 0.1) is 0 Å². The molecule has 21 heavy (non-hydrogen) atoms. The maximum absolute atomic E-state index is 3.60. The molecule has 2 aromatic rings. The molecule has 1 heteroatoms. The van der Waals surface area contributed by atoms with E-state index < -0.39 is 0 Å². The Kier molecular flexibility index (Phi) is 3.18. The Morgan fingerprint density at radius 3 is 2.00 bits per heavy atom. The number of benzene rings is 2. The van der Waals surface area contributed by atoms with Crippen LogP contribution in [0.4, 0.5) is 0 Å². The molecule has 0 bridgehead atoms. The molecular formula is C20H27N. The third-order valence-electron chi connectivity index (χ3n) is 6.29. The minimum absolute atomic E-state index is 0.382. The molecule has 1 aliphatic carbocycles. The van der Waals surface area contributed by atoms with Crippen LogP contribution in [0.15, 0.2) is 36.4 Å². The van der Waals surface area contributed by atoms with Crippen molar-refractivity contribution < 1.29 is 0 Å². The molecule has 0 spiro atoms. The third-order valence-corrected chi connectivity index (χ3v) is 6.29. The Morgan fingerprint density at radius 2 is 1.48 bits per heavy atom. The monoisotopic (exact) mass is 281 g/mol. The van der Waals surface area contributed by atoms with Crippen molar-refractivity contribution in [2.45, 2.75) is 40.7 Å². The molecule has 0 amide bonds. The second kappa shape index (κ2) is 4.58. The minimum Gasteiger partial charge on any atom is -0.313 e. The summed E-state index contributed by atoms with van der Waals surface area (Å²) in [4.78, 5) is 0. The van der Waals surface area contributed by atoms with Crippen LogP contribution < -0.4 is 5.32 Å². The van der Waals surface area contributed by atoms with Gasteiger partial charge in [-0.1, -0.05) is 64.1 Å². The number of fused-ring (bicyclic) bond motifs is 1. The van der Waals surface area contributed by atoms with Crippen molar-refractivity contribution in [2.24, 2.45) is 16.7 Å². The zero-order valence-corrected chi connectivity index (χ0v) is 14.1. The predicted octanol–water partition coefficient (Wildman–Crippen LogP) is 5.09. The fraction of sp³-hybridized carbons (Fsp3) is 0.500. The zero-order valence-electron chi connectivity index (χ0n) is 14.1. The molecule has 1 aliphatic rings. The minimum atomic E-state index is 0.382. The lowest BCUT2D eigenvalue weighted by Crippen LogP contribution is -2.21. The van der Waals surface area contributed by atoms with Crippen molar-refractivity contribution in [3.05, 3.63) is 47.5 Å². The molecule has 1 N–H and O–H groups in total. The van der Waals surface area contributed by atoms with E-state index in [0.717, 1.165) is 0 Å². The Morgan fingerprint density at radius 1 is 0.905 bits per heavy atom. The molecular weight excluding hydrogens is 254 g/mol. The van der Waals surface area contributed by atoms with Crippen molar-refractivity contribution in [2.75, 3.05) is 7.05 Å². The van der Waals surface area contributed by atoms with Crippen molar-refractivity contribution >= 4 is 10.8 Å². The van der Waals surface area contributed by atoms with Crippen LogP contribution in [-0.4, -0.2) is 7.05 Å². The molecule has 0 aromatic heterocycles. The van der Waals surface area contributed by atoms with Crippen LogP contribution >= 0.6 is 0 Å². The first-order valence-electron chi connectivity index (χ1n) is 7.98. The summed E-state index contributed by atoms with van der Waals surface area (Å²) < 4.78 is 0. The maximum atomic E-state index is 3.60. The van der Waals surface area contributed by atoms with Gasteiger partial charge in [-0.2, -0.15) is 0 Å². The number of rotatable bonds is 3. The van der Waals surface area contributed by atoms with Crippen LogP contribution in [0.3, 0.4) is 0 Å². The van der Waals surface area contributed by atoms with Gasteiger partial charge in [-0.05, 0) is 52.6 Å². The summed E-state index contributed by atoms with van der Waals surface area (Å²) in [6, 6.07) is 13.8. The molecule has 1 nitrogen and oxygen atoms in total. The molecule has 0 heterocycles. The first-order chi connectivity index (χ1) is 9.82. The molecule has 1 unspecified atom stereocenters. The molecule has 1 saturated carbocycles. The van der Waals surface area contributed by atoms with E-state index in [9.17, 15) is 0 Å². The molecule has 0 saturated heterocycles. The summed E-state index contributed by atoms with van der Waals surface area (Å²) in [7, 11) is 2.10. The first-order valence-corrected chi connectivity index (χ1v) is 7.98. The van der Waals surface area contributed by atoms with Gasteiger partial charge < -0.3 is 5.32 Å². The molecule has 1 fully saturated rings. The molecule has 0 aliphatic heterocycles. The zero-order chi connectivity index (χ0) is 15.4. The lowest BCUT2D eigenvalue weighted by Gasteiger charge is -2.22. The topological polar surface area (TPSA) is 12.0 Å². The van der Waals surface area contributed by atoms with Crippen LogP contribution in [0.2, 0.25) is 0 Å². The first kappa shape index (κ1) is 14.6. The predicted molar refractivity (Wildman–Crippen MR) is 91.5 cm³/mol. The summed E-state index contributed by atoms with van der Waals surface area (Å²) in [6.45, 7) is 11.8. The van der Waals surface area contributed by atoms with Crippen LogP contribution in [0.1, 0.15) is 44.9 Å². The number of hydrogen-bond donors (Lipinski definition) is 1. The largest absolute Gasteiger partial charge is 0.313 e. The van der Waals surface area contributed by atoms with Gasteiger partial charge in [-0.3, -0.25) is 0 Å². The standard InChI is InChI=1S/C20H27N/c1-13-11-12-16(15-10-8-7-9-14(13)15)17(21-6)18-19(2,3)20(18,4)5/h7-12,17-18,21H,1-6H3. The fourth-order valence-corrected chi connectivity index (χ4v) is 4.33. The normalized spacial score (nSPS) is 21.4. The molecule has 112 valence electrons. The van der Waals surface area contributed by atoms with Gasteiger partial charge >= 0.3 is 0 Å². The maximum Gasteiger partial charge on any atom is 0.0363 e. The fourth-order valence-electron chi connectivity index (χ4n) is 4.33. The highest BCUT2D eigenvalue weighted by Crippen LogP contribution is 2.72. The summed E-state index contributed by atoms with van der Waals surface area (Å²) in [5.41, 5.74) is 3.57. The van der Waals surface area contributed by atoms with Gasteiger partial charge in [0.25, 0.3) is 0 Å². The van der Waals surface area contributed by atoms with Crippen molar-refractivity contribution in [1.29, 1.82) is 0 Å². The Bertz CT molecular complexity index is 667. The third kappa shape index (κ3) is 1.94. The average molecular weight is 281 g/mol. The lowest BCUT2D eigenvalue weighted by molar-refractivity contribution is 0.440. The summed E-state index contributed by atoms with van der Waals surface area (Å²) in [6.07, 6.45) is 0. The van der Waals surface area contributed by atoms with Crippen molar-refractivity contribution in [3.8, 4) is 0 Å². The summed E-state index contributed by atoms with van der Waals surface area (Å²) in [5.74, 6) is 0.668. The van der Waals surface area contributed by atoms with Gasteiger partial charge in [0.2, 0.25) is 0 Å². The highest BCUT2D eigenvalue weighted by Gasteiger charge is 2.67. The van der Waals surface area contributed by atoms with E-state index in [2.05, 4.69) is 83.4 Å². The molecule has 1 atom stereocenters. The van der Waals surface area contributed by atoms with E-state index in [0.29, 0.717) is 22.8 Å². The Balaban J connectivity index is 2.14. The highest BCUT2D eigenvalue weighted by molar-refractivity contribution is 5.89. The number of aryl methyl sites for hydroxylation is 1. The van der Waals surface area contributed by atoms with E-state index in [1.165, 1.54) is 21.9 Å². The van der Waals surface area contributed by atoms with Gasteiger partial charge in [-0.25, -0.2) is 0 Å². The quantitative estimate of drug-likeness (QED) is 0.826. The second-order valence-corrected chi connectivity index (χ2v) is 7.70. The molecule has 2 aromatic carbocycles. The average Bonchev–Trinajstić information content (AvgIpc) is 2.85. The van der Waals surface area contributed by atoms with Crippen LogP contribution in [0.5, 0.6) is 0 Å². The second-order valence-electron chi connectivity index (χ2n) is 7.70. The van der Waals surface area contributed by atoms with E-state index in [4.69, 9.17) is 0 Å². The Labute approximate surface area is 128 Å². The SMILES string of the molecule is CNC(c1ccc(C)c2ccccc12)C1C(C)(C)C1(C)C. The van der Waals surface area contributed by atoms with E-state index >= 15 is 0 Å². The van der Waals surface area contributed by atoms with Gasteiger partial charge in [0, 0.05) is 6.04 Å². The molecule has 3 rings (SSSR count). The summed E-state index contributed by atoms with van der Waals surface area (Å²) >= 11 is 0. The smallest absolute Gasteiger partial charge is 0.0363 e. The molecule has 0 radical (unpaired) electrons. The van der Waals surface area contributed by atoms with E-state index in [1.54, 1.807) is 0 Å². The van der Waals surface area contributed by atoms with E-state index in [-0.39, 0.29) is 0 Å².